The normalized spacial score (nSPS) is 10.6. The van der Waals surface area contributed by atoms with Gasteiger partial charge in [0.05, 0.1) is 0 Å². The van der Waals surface area contributed by atoms with Gasteiger partial charge in [0.1, 0.15) is 11.6 Å². The fraction of sp³-hybridized carbons (Fsp3) is 0.357. The molecule has 4 heteroatoms. The number of nitrogens with two attached hydrogens (primary N) is 1. The number of hydrogen-bond donors (Lipinski definition) is 1. The molecule has 0 spiro atoms. The van der Waals surface area contributed by atoms with E-state index in [4.69, 9.17) is 5.73 Å². The monoisotopic (exact) mass is 242 g/mol. The second kappa shape index (κ2) is 5.12. The van der Waals surface area contributed by atoms with Crippen LogP contribution in [0.5, 0.6) is 0 Å². The van der Waals surface area contributed by atoms with Crippen LogP contribution in [0, 0.1) is 13.8 Å². The van der Waals surface area contributed by atoms with Gasteiger partial charge in [-0.15, -0.1) is 0 Å². The van der Waals surface area contributed by atoms with E-state index in [2.05, 4.69) is 47.0 Å². The van der Waals surface area contributed by atoms with Gasteiger partial charge >= 0.3 is 0 Å². The molecule has 0 saturated carbocycles. The topological polar surface area (TPSA) is 64.7 Å². The highest BCUT2D eigenvalue weighted by atomic mass is 15.1. The molecule has 18 heavy (non-hydrogen) atoms. The summed E-state index contributed by atoms with van der Waals surface area (Å²) < 4.78 is 0. The van der Waals surface area contributed by atoms with Gasteiger partial charge < -0.3 is 5.73 Å². The quantitative estimate of drug-likeness (QED) is 0.896. The highest BCUT2D eigenvalue weighted by Gasteiger charge is 2.05. The fourth-order valence-corrected chi connectivity index (χ4v) is 2.08. The Labute approximate surface area is 107 Å². The van der Waals surface area contributed by atoms with Gasteiger partial charge in [0.15, 0.2) is 0 Å². The molecule has 0 atom stereocenters. The van der Waals surface area contributed by atoms with Crippen molar-refractivity contribution in [3.05, 3.63) is 46.5 Å². The zero-order valence-corrected chi connectivity index (χ0v) is 11.1. The van der Waals surface area contributed by atoms with Gasteiger partial charge in [-0.25, -0.2) is 4.98 Å². The van der Waals surface area contributed by atoms with E-state index in [1.807, 2.05) is 6.92 Å². The maximum atomic E-state index is 5.69. The third-order valence-corrected chi connectivity index (χ3v) is 2.71. The number of aromatic nitrogens is 3. The van der Waals surface area contributed by atoms with Crippen LogP contribution < -0.4 is 5.73 Å². The summed E-state index contributed by atoms with van der Waals surface area (Å²) >= 11 is 0. The Morgan fingerprint density at radius 3 is 2.17 bits per heavy atom. The van der Waals surface area contributed by atoms with Crippen molar-refractivity contribution in [1.82, 2.24) is 15.0 Å². The molecule has 0 aliphatic carbocycles. The average molecular weight is 242 g/mol. The Hall–Kier alpha value is -1.97. The van der Waals surface area contributed by atoms with E-state index < -0.39 is 0 Å². The SMILES string of the molecule is CCc1nc(N)nc(Cc2cc(C)cc(C)c2)n1. The minimum absolute atomic E-state index is 0.307. The Bertz CT molecular complexity index is 543. The van der Waals surface area contributed by atoms with Crippen LogP contribution in [-0.2, 0) is 12.8 Å². The summed E-state index contributed by atoms with van der Waals surface area (Å²) in [5.74, 6) is 1.80. The predicted molar refractivity (Wildman–Crippen MR) is 72.3 cm³/mol. The van der Waals surface area contributed by atoms with Gasteiger partial charge in [0.25, 0.3) is 0 Å². The van der Waals surface area contributed by atoms with Crippen molar-refractivity contribution in [2.75, 3.05) is 5.73 Å². The molecule has 0 fully saturated rings. The summed E-state index contributed by atoms with van der Waals surface area (Å²) in [4.78, 5) is 12.7. The summed E-state index contributed by atoms with van der Waals surface area (Å²) in [6, 6.07) is 6.46. The molecule has 1 aromatic carbocycles. The lowest BCUT2D eigenvalue weighted by Crippen LogP contribution is -2.07. The van der Waals surface area contributed by atoms with Gasteiger partial charge in [-0.1, -0.05) is 36.2 Å². The fourth-order valence-electron chi connectivity index (χ4n) is 2.08. The summed E-state index contributed by atoms with van der Waals surface area (Å²) in [7, 11) is 0. The molecule has 0 bridgehead atoms. The summed E-state index contributed by atoms with van der Waals surface area (Å²) in [6.07, 6.45) is 1.47. The Morgan fingerprint density at radius 2 is 1.56 bits per heavy atom. The van der Waals surface area contributed by atoms with Crippen LogP contribution in [0.4, 0.5) is 5.95 Å². The number of benzene rings is 1. The Kier molecular flexibility index (Phi) is 3.55. The second-order valence-electron chi connectivity index (χ2n) is 4.55. The van der Waals surface area contributed by atoms with Gasteiger partial charge in [-0.05, 0) is 19.4 Å². The summed E-state index contributed by atoms with van der Waals surface area (Å²) in [5.41, 5.74) is 9.40. The third-order valence-electron chi connectivity index (χ3n) is 2.71. The third kappa shape index (κ3) is 3.03. The molecule has 0 amide bonds. The van der Waals surface area contributed by atoms with Crippen LogP contribution in [-0.4, -0.2) is 15.0 Å². The number of aryl methyl sites for hydroxylation is 3. The number of rotatable bonds is 3. The molecule has 1 heterocycles. The van der Waals surface area contributed by atoms with Crippen LogP contribution in [0.25, 0.3) is 0 Å². The van der Waals surface area contributed by atoms with Crippen LogP contribution >= 0.6 is 0 Å². The van der Waals surface area contributed by atoms with Crippen molar-refractivity contribution >= 4 is 5.95 Å². The van der Waals surface area contributed by atoms with Crippen molar-refractivity contribution < 1.29 is 0 Å². The molecule has 2 rings (SSSR count). The van der Waals surface area contributed by atoms with Gasteiger partial charge in [0.2, 0.25) is 5.95 Å². The van der Waals surface area contributed by atoms with Crippen LogP contribution in [0.2, 0.25) is 0 Å². The predicted octanol–water partition coefficient (Wildman–Crippen LogP) is 2.22. The van der Waals surface area contributed by atoms with Crippen molar-refractivity contribution in [1.29, 1.82) is 0 Å². The molecule has 94 valence electrons. The zero-order valence-electron chi connectivity index (χ0n) is 11.1. The molecule has 2 N–H and O–H groups in total. The van der Waals surface area contributed by atoms with E-state index in [1.165, 1.54) is 16.7 Å². The first kappa shape index (κ1) is 12.5. The van der Waals surface area contributed by atoms with E-state index >= 15 is 0 Å². The van der Waals surface area contributed by atoms with Crippen molar-refractivity contribution in [3.63, 3.8) is 0 Å². The van der Waals surface area contributed by atoms with Gasteiger partial charge in [-0.2, -0.15) is 9.97 Å². The maximum Gasteiger partial charge on any atom is 0.223 e. The lowest BCUT2D eigenvalue weighted by Gasteiger charge is -2.06. The molecular formula is C14H18N4. The molecule has 0 unspecified atom stereocenters. The maximum absolute atomic E-state index is 5.69. The number of nitrogen functional groups attached to an aromatic ring is 1. The molecule has 0 aliphatic heterocycles. The first-order valence-electron chi connectivity index (χ1n) is 6.13. The largest absolute Gasteiger partial charge is 0.368 e. The second-order valence-corrected chi connectivity index (χ2v) is 4.55. The lowest BCUT2D eigenvalue weighted by molar-refractivity contribution is 0.845. The molecule has 2 aromatic rings. The average Bonchev–Trinajstić information content (AvgIpc) is 2.26. The lowest BCUT2D eigenvalue weighted by atomic mass is 10.0. The number of nitrogens with zero attached hydrogens (tertiary/aromatic N) is 3. The molecule has 4 nitrogen and oxygen atoms in total. The summed E-state index contributed by atoms with van der Waals surface area (Å²) in [6.45, 7) is 6.20. The number of hydrogen-bond acceptors (Lipinski definition) is 4. The van der Waals surface area contributed by atoms with E-state index in [0.29, 0.717) is 12.4 Å². The van der Waals surface area contributed by atoms with E-state index in [1.54, 1.807) is 0 Å². The van der Waals surface area contributed by atoms with Crippen LogP contribution in [0.1, 0.15) is 35.3 Å². The first-order valence-corrected chi connectivity index (χ1v) is 6.13. The first-order chi connectivity index (χ1) is 8.56. The number of anilines is 1. The highest BCUT2D eigenvalue weighted by molar-refractivity contribution is 5.31. The molecular weight excluding hydrogens is 224 g/mol. The zero-order chi connectivity index (χ0) is 13.1. The van der Waals surface area contributed by atoms with Crippen LogP contribution in [0.15, 0.2) is 18.2 Å². The van der Waals surface area contributed by atoms with Gasteiger partial charge in [-0.3, -0.25) is 0 Å². The minimum atomic E-state index is 0.307. The minimum Gasteiger partial charge on any atom is -0.368 e. The summed E-state index contributed by atoms with van der Waals surface area (Å²) in [5, 5.41) is 0. The van der Waals surface area contributed by atoms with Gasteiger partial charge in [0, 0.05) is 12.8 Å². The van der Waals surface area contributed by atoms with Crippen molar-refractivity contribution in [3.8, 4) is 0 Å². The molecule has 0 radical (unpaired) electrons. The van der Waals surface area contributed by atoms with Crippen molar-refractivity contribution in [2.45, 2.75) is 33.6 Å². The molecule has 0 aliphatic rings. The van der Waals surface area contributed by atoms with E-state index in [-0.39, 0.29) is 0 Å². The smallest absolute Gasteiger partial charge is 0.223 e. The molecule has 0 saturated heterocycles. The Balaban J connectivity index is 2.30. The van der Waals surface area contributed by atoms with Crippen molar-refractivity contribution in [2.24, 2.45) is 0 Å². The van der Waals surface area contributed by atoms with Crippen LogP contribution in [0.3, 0.4) is 0 Å². The Morgan fingerprint density at radius 1 is 0.944 bits per heavy atom. The standard InChI is InChI=1S/C14H18N4/c1-4-12-16-13(18-14(15)17-12)8-11-6-9(2)5-10(3)7-11/h5-7H,4,8H2,1-3H3,(H2,15,16,17,18). The highest BCUT2D eigenvalue weighted by Crippen LogP contribution is 2.12. The van der Waals surface area contributed by atoms with E-state index in [9.17, 15) is 0 Å². The molecule has 1 aromatic heterocycles. The van der Waals surface area contributed by atoms with E-state index in [0.717, 1.165) is 18.1 Å².